The summed E-state index contributed by atoms with van der Waals surface area (Å²) in [6.07, 6.45) is 1.56. The number of sulfonamides is 1. The van der Waals surface area contributed by atoms with E-state index in [9.17, 15) is 8.42 Å². The number of methoxy groups -OCH3 is 2. The quantitative estimate of drug-likeness (QED) is 0.721. The van der Waals surface area contributed by atoms with E-state index in [4.69, 9.17) is 9.47 Å². The average molecular weight is 347 g/mol. The Morgan fingerprint density at radius 3 is 2.33 bits per heavy atom. The van der Waals surface area contributed by atoms with Crippen LogP contribution in [0.2, 0.25) is 0 Å². The Labute approximate surface area is 143 Å². The number of nitrogens with zero attached hydrogens (tertiary/aromatic N) is 1. The van der Waals surface area contributed by atoms with E-state index in [0.29, 0.717) is 17.2 Å². The number of para-hydroxylation sites is 1. The molecule has 2 aromatic rings. The molecule has 0 aliphatic heterocycles. The Bertz CT molecular complexity index is 831. The number of hydrogen-bond acceptors (Lipinski definition) is 4. The first-order chi connectivity index (χ1) is 11.5. The maximum absolute atomic E-state index is 13.1. The molecule has 6 heteroatoms. The van der Waals surface area contributed by atoms with E-state index in [0.717, 1.165) is 5.56 Å². The van der Waals surface area contributed by atoms with Gasteiger partial charge in [0.15, 0.2) is 11.5 Å². The van der Waals surface area contributed by atoms with Crippen LogP contribution >= 0.6 is 0 Å². The molecular weight excluding hydrogens is 326 g/mol. The Morgan fingerprint density at radius 2 is 1.75 bits per heavy atom. The molecule has 0 amide bonds. The minimum absolute atomic E-state index is 0.130. The fourth-order valence-corrected chi connectivity index (χ4v) is 3.91. The molecule has 24 heavy (non-hydrogen) atoms. The molecule has 0 unspecified atom stereocenters. The number of ether oxygens (including phenoxy) is 2. The molecule has 0 aliphatic carbocycles. The van der Waals surface area contributed by atoms with Gasteiger partial charge >= 0.3 is 0 Å². The van der Waals surface area contributed by atoms with Gasteiger partial charge in [0.2, 0.25) is 0 Å². The highest BCUT2D eigenvalue weighted by molar-refractivity contribution is 7.92. The maximum Gasteiger partial charge on any atom is 0.264 e. The van der Waals surface area contributed by atoms with Crippen LogP contribution in [0.25, 0.3) is 0 Å². The van der Waals surface area contributed by atoms with Gasteiger partial charge in [0.25, 0.3) is 10.0 Å². The van der Waals surface area contributed by atoms with Crippen molar-refractivity contribution in [3.05, 3.63) is 60.7 Å². The first-order valence-electron chi connectivity index (χ1n) is 7.37. The SMILES string of the molecule is C=CCN(c1ccccc1C)S(=O)(=O)c1ccc(OC)c(OC)c1. The van der Waals surface area contributed by atoms with Crippen molar-refractivity contribution in [3.8, 4) is 11.5 Å². The minimum atomic E-state index is -3.77. The summed E-state index contributed by atoms with van der Waals surface area (Å²) >= 11 is 0. The Kier molecular flexibility index (Phi) is 5.51. The van der Waals surface area contributed by atoms with Crippen LogP contribution in [0.3, 0.4) is 0 Å². The van der Waals surface area contributed by atoms with E-state index < -0.39 is 10.0 Å². The third-order valence-electron chi connectivity index (χ3n) is 3.62. The summed E-state index contributed by atoms with van der Waals surface area (Å²) in [6, 6.07) is 11.9. The second-order valence-electron chi connectivity index (χ2n) is 5.13. The van der Waals surface area contributed by atoms with Gasteiger partial charge in [0, 0.05) is 6.07 Å². The monoisotopic (exact) mass is 347 g/mol. The van der Waals surface area contributed by atoms with Crippen molar-refractivity contribution >= 4 is 15.7 Å². The molecule has 0 saturated carbocycles. The molecule has 2 rings (SSSR count). The molecule has 2 aromatic carbocycles. The van der Waals surface area contributed by atoms with Gasteiger partial charge in [-0.1, -0.05) is 24.3 Å². The van der Waals surface area contributed by atoms with Crippen LogP contribution in [0.15, 0.2) is 60.0 Å². The zero-order chi connectivity index (χ0) is 17.7. The molecule has 0 aliphatic rings. The summed E-state index contributed by atoms with van der Waals surface area (Å²) in [5, 5.41) is 0. The van der Waals surface area contributed by atoms with Crippen LogP contribution in [0, 0.1) is 6.92 Å². The van der Waals surface area contributed by atoms with Gasteiger partial charge in [-0.05, 0) is 30.7 Å². The number of benzene rings is 2. The van der Waals surface area contributed by atoms with Gasteiger partial charge in [0.1, 0.15) is 0 Å². The van der Waals surface area contributed by atoms with Gasteiger partial charge in [-0.2, -0.15) is 0 Å². The number of aryl methyl sites for hydroxylation is 1. The molecule has 0 saturated heterocycles. The highest BCUT2D eigenvalue weighted by Gasteiger charge is 2.26. The van der Waals surface area contributed by atoms with Crippen LogP contribution in [0.5, 0.6) is 11.5 Å². The van der Waals surface area contributed by atoms with E-state index in [2.05, 4.69) is 6.58 Å². The van der Waals surface area contributed by atoms with Crippen LogP contribution in [0.1, 0.15) is 5.56 Å². The van der Waals surface area contributed by atoms with Gasteiger partial charge in [0.05, 0.1) is 31.3 Å². The summed E-state index contributed by atoms with van der Waals surface area (Å²) < 4.78 is 38.0. The van der Waals surface area contributed by atoms with E-state index in [1.54, 1.807) is 18.2 Å². The van der Waals surface area contributed by atoms with Crippen LogP contribution in [-0.4, -0.2) is 29.2 Å². The third kappa shape index (κ3) is 3.38. The summed E-state index contributed by atoms with van der Waals surface area (Å²) in [7, 11) is -0.797. The molecule has 0 spiro atoms. The number of anilines is 1. The molecule has 5 nitrogen and oxygen atoms in total. The lowest BCUT2D eigenvalue weighted by molar-refractivity contribution is 0.354. The second-order valence-corrected chi connectivity index (χ2v) is 6.99. The Hall–Kier alpha value is -2.47. The van der Waals surface area contributed by atoms with Crippen LogP contribution in [0.4, 0.5) is 5.69 Å². The fraction of sp³-hybridized carbons (Fsp3) is 0.222. The highest BCUT2D eigenvalue weighted by Crippen LogP contribution is 2.32. The number of hydrogen-bond donors (Lipinski definition) is 0. The van der Waals surface area contributed by atoms with Crippen molar-refractivity contribution in [2.24, 2.45) is 0 Å². The van der Waals surface area contributed by atoms with Crippen LogP contribution in [-0.2, 0) is 10.0 Å². The lowest BCUT2D eigenvalue weighted by atomic mass is 10.2. The van der Waals surface area contributed by atoms with Gasteiger partial charge in [-0.3, -0.25) is 4.31 Å². The normalized spacial score (nSPS) is 11.0. The van der Waals surface area contributed by atoms with Crippen molar-refractivity contribution in [2.75, 3.05) is 25.1 Å². The zero-order valence-electron chi connectivity index (χ0n) is 14.0. The van der Waals surface area contributed by atoms with Crippen molar-refractivity contribution in [3.63, 3.8) is 0 Å². The zero-order valence-corrected chi connectivity index (χ0v) is 14.8. The van der Waals surface area contributed by atoms with Crippen molar-refractivity contribution in [2.45, 2.75) is 11.8 Å². The second kappa shape index (κ2) is 7.40. The predicted molar refractivity (Wildman–Crippen MR) is 95.5 cm³/mol. The average Bonchev–Trinajstić information content (AvgIpc) is 2.59. The summed E-state index contributed by atoms with van der Waals surface area (Å²) in [5.41, 5.74) is 1.48. The number of rotatable bonds is 7. The lowest BCUT2D eigenvalue weighted by Gasteiger charge is -2.25. The molecule has 0 atom stereocenters. The molecule has 0 bridgehead atoms. The predicted octanol–water partition coefficient (Wildman–Crippen LogP) is 3.39. The fourth-order valence-electron chi connectivity index (χ4n) is 2.39. The van der Waals surface area contributed by atoms with E-state index in [1.165, 1.54) is 30.7 Å². The van der Waals surface area contributed by atoms with Crippen LogP contribution < -0.4 is 13.8 Å². The van der Waals surface area contributed by atoms with Crippen molar-refractivity contribution < 1.29 is 17.9 Å². The summed E-state index contributed by atoms with van der Waals surface area (Å²) in [6.45, 7) is 5.71. The largest absolute Gasteiger partial charge is 0.493 e. The standard InChI is InChI=1S/C18H21NO4S/c1-5-12-19(16-9-7-6-8-14(16)2)24(20,21)15-10-11-17(22-3)18(13-15)23-4/h5-11,13H,1,12H2,2-4H3. The molecule has 0 radical (unpaired) electrons. The minimum Gasteiger partial charge on any atom is -0.493 e. The molecule has 0 heterocycles. The molecule has 0 N–H and O–H groups in total. The van der Waals surface area contributed by atoms with Crippen molar-refractivity contribution in [1.82, 2.24) is 0 Å². The lowest BCUT2D eigenvalue weighted by Crippen LogP contribution is -2.31. The van der Waals surface area contributed by atoms with Gasteiger partial charge in [-0.25, -0.2) is 8.42 Å². The molecule has 0 aromatic heterocycles. The summed E-state index contributed by atoms with van der Waals surface area (Å²) in [4.78, 5) is 0.130. The van der Waals surface area contributed by atoms with E-state index in [1.807, 2.05) is 25.1 Å². The highest BCUT2D eigenvalue weighted by atomic mass is 32.2. The molecule has 0 fully saturated rings. The molecular formula is C18H21NO4S. The van der Waals surface area contributed by atoms with E-state index >= 15 is 0 Å². The van der Waals surface area contributed by atoms with Gasteiger partial charge < -0.3 is 9.47 Å². The Balaban J connectivity index is 2.57. The van der Waals surface area contributed by atoms with Gasteiger partial charge in [-0.15, -0.1) is 6.58 Å². The summed E-state index contributed by atoms with van der Waals surface area (Å²) in [5.74, 6) is 0.838. The molecule has 128 valence electrons. The topological polar surface area (TPSA) is 55.8 Å². The smallest absolute Gasteiger partial charge is 0.264 e. The first-order valence-corrected chi connectivity index (χ1v) is 8.81. The van der Waals surface area contributed by atoms with E-state index in [-0.39, 0.29) is 11.4 Å². The third-order valence-corrected chi connectivity index (χ3v) is 5.40. The first kappa shape index (κ1) is 17.9. The Morgan fingerprint density at radius 1 is 1.08 bits per heavy atom. The maximum atomic E-state index is 13.1. The van der Waals surface area contributed by atoms with Crippen molar-refractivity contribution in [1.29, 1.82) is 0 Å².